The van der Waals surface area contributed by atoms with Crippen molar-refractivity contribution in [2.75, 3.05) is 39.8 Å². The van der Waals surface area contributed by atoms with Gasteiger partial charge in [-0.25, -0.2) is 8.42 Å². The van der Waals surface area contributed by atoms with E-state index in [-0.39, 0.29) is 29.7 Å². The largest absolute Gasteiger partial charge is 0.364 e. The van der Waals surface area contributed by atoms with Gasteiger partial charge in [0.2, 0.25) is 10.0 Å². The minimum atomic E-state index is -3.40. The molecule has 0 unspecified atom stereocenters. The molecule has 0 spiro atoms. The molecule has 1 fully saturated rings. The van der Waals surface area contributed by atoms with E-state index in [0.29, 0.717) is 31.9 Å². The summed E-state index contributed by atoms with van der Waals surface area (Å²) in [6.07, 6.45) is 2.31. The number of halogens is 1. The van der Waals surface area contributed by atoms with Crippen LogP contribution in [0.3, 0.4) is 0 Å². The van der Waals surface area contributed by atoms with Gasteiger partial charge in [-0.2, -0.15) is 9.40 Å². The average molecular weight is 551 g/mol. The van der Waals surface area contributed by atoms with Crippen LogP contribution in [0.1, 0.15) is 23.5 Å². The van der Waals surface area contributed by atoms with E-state index in [4.69, 9.17) is 4.52 Å². The summed E-state index contributed by atoms with van der Waals surface area (Å²) in [7, 11) is -1.65. The van der Waals surface area contributed by atoms with E-state index in [0.717, 1.165) is 36.9 Å². The maximum absolute atomic E-state index is 12.5. The van der Waals surface area contributed by atoms with Crippen LogP contribution in [0.5, 0.6) is 0 Å². The number of hydrogen-bond acceptors (Lipinski definition) is 6. The molecule has 1 N–H and O–H groups in total. The molecule has 10 nitrogen and oxygen atoms in total. The zero-order valence-corrected chi connectivity index (χ0v) is 20.8. The Hall–Kier alpha value is -1.67. The van der Waals surface area contributed by atoms with Crippen LogP contribution in [0.4, 0.5) is 0 Å². The molecule has 1 aliphatic heterocycles. The van der Waals surface area contributed by atoms with Crippen LogP contribution in [0, 0.1) is 13.8 Å². The number of nitrogens with zero attached hydrogens (tertiary/aromatic N) is 6. The lowest BCUT2D eigenvalue weighted by Gasteiger charge is -2.35. The maximum Gasteiger partial charge on any atom is 0.220 e. The van der Waals surface area contributed by atoms with Crippen LogP contribution in [0.25, 0.3) is 0 Å². The minimum Gasteiger partial charge on any atom is -0.364 e. The number of guanidine groups is 1. The average Bonchev–Trinajstić information content (AvgIpc) is 3.30. The Morgan fingerprint density at radius 2 is 2.00 bits per heavy atom. The molecule has 3 rings (SSSR count). The molecule has 1 aliphatic rings. The van der Waals surface area contributed by atoms with Crippen LogP contribution < -0.4 is 5.32 Å². The fraction of sp³-hybridized carbons (Fsp3) is 0.611. The molecule has 2 aromatic heterocycles. The van der Waals surface area contributed by atoms with Gasteiger partial charge in [0, 0.05) is 58.1 Å². The molecule has 0 bridgehead atoms. The van der Waals surface area contributed by atoms with Crippen molar-refractivity contribution in [2.45, 2.75) is 32.6 Å². The number of rotatable bonds is 7. The number of nitrogens with one attached hydrogen (secondary N) is 1. The van der Waals surface area contributed by atoms with Gasteiger partial charge in [0.15, 0.2) is 5.96 Å². The third-order valence-corrected chi connectivity index (χ3v) is 6.71. The zero-order chi connectivity index (χ0) is 20.9. The van der Waals surface area contributed by atoms with Gasteiger partial charge < -0.3 is 14.7 Å². The quantitative estimate of drug-likeness (QED) is 0.239. The predicted octanol–water partition coefficient (Wildman–Crippen LogP) is 1.22. The molecular weight excluding hydrogens is 521 g/mol. The van der Waals surface area contributed by atoms with Gasteiger partial charge in [0.25, 0.3) is 0 Å². The van der Waals surface area contributed by atoms with Gasteiger partial charge in [-0.3, -0.25) is 9.67 Å². The highest BCUT2D eigenvalue weighted by atomic mass is 127. The Labute approximate surface area is 194 Å². The molecule has 30 heavy (non-hydrogen) atoms. The number of aryl methyl sites for hydroxylation is 3. The zero-order valence-electron chi connectivity index (χ0n) is 17.6. The second-order valence-corrected chi connectivity index (χ2v) is 9.08. The molecule has 0 aliphatic carbocycles. The number of sulfonamides is 1. The Bertz CT molecular complexity index is 920. The van der Waals surface area contributed by atoms with E-state index in [2.05, 4.69) is 38.5 Å². The monoisotopic (exact) mass is 551 g/mol. The summed E-state index contributed by atoms with van der Waals surface area (Å²) in [6, 6.07) is 3.65. The van der Waals surface area contributed by atoms with E-state index >= 15 is 0 Å². The van der Waals surface area contributed by atoms with Gasteiger partial charge in [-0.1, -0.05) is 5.16 Å². The van der Waals surface area contributed by atoms with Crippen LogP contribution in [-0.2, 0) is 22.3 Å². The molecule has 0 amide bonds. The van der Waals surface area contributed by atoms with Gasteiger partial charge >= 0.3 is 0 Å². The van der Waals surface area contributed by atoms with E-state index < -0.39 is 10.0 Å². The van der Waals surface area contributed by atoms with Crippen LogP contribution in [0.15, 0.2) is 27.9 Å². The molecule has 0 radical (unpaired) electrons. The minimum absolute atomic E-state index is 0. The maximum atomic E-state index is 12.5. The number of hydrogen-bond donors (Lipinski definition) is 1. The van der Waals surface area contributed by atoms with Crippen molar-refractivity contribution in [3.63, 3.8) is 0 Å². The summed E-state index contributed by atoms with van der Waals surface area (Å²) in [5.74, 6) is 0.662. The van der Waals surface area contributed by atoms with Crippen molar-refractivity contribution < 1.29 is 12.9 Å². The third-order valence-electron chi connectivity index (χ3n) is 4.90. The topological polar surface area (TPSA) is 109 Å². The van der Waals surface area contributed by atoms with Crippen molar-refractivity contribution in [3.05, 3.63) is 35.5 Å². The fourth-order valence-corrected chi connectivity index (χ4v) is 4.86. The Morgan fingerprint density at radius 1 is 1.27 bits per heavy atom. The smallest absolute Gasteiger partial charge is 0.220 e. The molecule has 168 valence electrons. The molecule has 0 saturated carbocycles. The van der Waals surface area contributed by atoms with Gasteiger partial charge in [-0.15, -0.1) is 24.0 Å². The van der Waals surface area contributed by atoms with Crippen molar-refractivity contribution in [1.29, 1.82) is 0 Å². The summed E-state index contributed by atoms with van der Waals surface area (Å²) in [6.45, 7) is 7.70. The number of aromatic nitrogens is 3. The Balaban J connectivity index is 0.00000320. The molecule has 0 atom stereocenters. The second-order valence-electron chi connectivity index (χ2n) is 7.11. The molecular formula is C18H30IN7O3S. The van der Waals surface area contributed by atoms with E-state index in [1.54, 1.807) is 13.1 Å². The Morgan fingerprint density at radius 3 is 2.57 bits per heavy atom. The number of aliphatic imine (C=N–C) groups is 1. The van der Waals surface area contributed by atoms with Gasteiger partial charge in [-0.05, 0) is 26.3 Å². The molecule has 0 aromatic carbocycles. The Kier molecular flexibility index (Phi) is 9.09. The normalized spacial score (nSPS) is 15.8. The lowest BCUT2D eigenvalue weighted by atomic mass is 10.3. The van der Waals surface area contributed by atoms with Crippen molar-refractivity contribution >= 4 is 40.0 Å². The van der Waals surface area contributed by atoms with Crippen LogP contribution in [0.2, 0.25) is 0 Å². The summed E-state index contributed by atoms with van der Waals surface area (Å²) in [5.41, 5.74) is 2.62. The second kappa shape index (κ2) is 11.1. The van der Waals surface area contributed by atoms with Crippen LogP contribution >= 0.6 is 24.0 Å². The SMILES string of the molecule is CN=C(NCCCn1nc(C)cc1C)N1CCN(S(=O)(=O)Cc2ccon2)CC1.I. The molecule has 1 saturated heterocycles. The molecule has 3 heterocycles. The number of piperazine rings is 1. The lowest BCUT2D eigenvalue weighted by molar-refractivity contribution is 0.259. The van der Waals surface area contributed by atoms with E-state index in [9.17, 15) is 8.42 Å². The van der Waals surface area contributed by atoms with Crippen molar-refractivity contribution in [1.82, 2.24) is 29.5 Å². The fourth-order valence-electron chi connectivity index (χ4n) is 3.43. The van der Waals surface area contributed by atoms with Gasteiger partial charge in [0.1, 0.15) is 12.0 Å². The van der Waals surface area contributed by atoms with Gasteiger partial charge in [0.05, 0.1) is 11.4 Å². The standard InChI is InChI=1S/C18H29N7O3S.HI/c1-15-13-16(2)25(21-15)7-4-6-20-18(19-3)23-8-10-24(11-9-23)29(26,27)14-17-5-12-28-22-17;/h5,12-13H,4,6-11,14H2,1-3H3,(H,19,20);1H. The van der Waals surface area contributed by atoms with Crippen molar-refractivity contribution in [3.8, 4) is 0 Å². The molecule has 12 heteroatoms. The third kappa shape index (κ3) is 6.41. The highest BCUT2D eigenvalue weighted by molar-refractivity contribution is 14.0. The summed E-state index contributed by atoms with van der Waals surface area (Å²) in [5, 5.41) is 11.5. The lowest BCUT2D eigenvalue weighted by Crippen LogP contribution is -2.54. The highest BCUT2D eigenvalue weighted by Gasteiger charge is 2.28. The first-order chi connectivity index (χ1) is 13.9. The van der Waals surface area contributed by atoms with Crippen LogP contribution in [-0.4, -0.2) is 78.3 Å². The summed E-state index contributed by atoms with van der Waals surface area (Å²) < 4.78 is 33.3. The van der Waals surface area contributed by atoms with E-state index in [1.807, 2.05) is 11.6 Å². The van der Waals surface area contributed by atoms with E-state index in [1.165, 1.54) is 10.6 Å². The first kappa shape index (κ1) is 24.6. The highest BCUT2D eigenvalue weighted by Crippen LogP contribution is 2.13. The predicted molar refractivity (Wildman–Crippen MR) is 125 cm³/mol. The summed E-state index contributed by atoms with van der Waals surface area (Å²) in [4.78, 5) is 6.43. The molecule has 2 aromatic rings. The van der Waals surface area contributed by atoms with Crippen molar-refractivity contribution in [2.24, 2.45) is 4.99 Å². The summed E-state index contributed by atoms with van der Waals surface area (Å²) >= 11 is 0. The first-order valence-corrected chi connectivity index (χ1v) is 11.3. The first-order valence-electron chi connectivity index (χ1n) is 9.73.